The number of aliphatic hydroxyl groups is 1. The highest BCUT2D eigenvalue weighted by molar-refractivity contribution is 9.10. The maximum Gasteiger partial charge on any atom is 0.145 e. The molecule has 1 heterocycles. The molecule has 1 atom stereocenters. The van der Waals surface area contributed by atoms with Crippen molar-refractivity contribution in [2.45, 2.75) is 18.9 Å². The summed E-state index contributed by atoms with van der Waals surface area (Å²) in [6, 6.07) is 6.80. The van der Waals surface area contributed by atoms with Gasteiger partial charge in [0.05, 0.1) is 11.1 Å². The van der Waals surface area contributed by atoms with Crippen LogP contribution in [0.25, 0.3) is 0 Å². The summed E-state index contributed by atoms with van der Waals surface area (Å²) in [7, 11) is 0. The van der Waals surface area contributed by atoms with Gasteiger partial charge in [-0.3, -0.25) is 0 Å². The van der Waals surface area contributed by atoms with Gasteiger partial charge in [-0.2, -0.15) is 0 Å². The first-order valence-electron chi connectivity index (χ1n) is 5.40. The van der Waals surface area contributed by atoms with Crippen molar-refractivity contribution in [1.29, 1.82) is 0 Å². The summed E-state index contributed by atoms with van der Waals surface area (Å²) in [4.78, 5) is 1.07. The monoisotopic (exact) mass is 348 g/mol. The lowest BCUT2D eigenvalue weighted by atomic mass is 10.0. The summed E-state index contributed by atoms with van der Waals surface area (Å²) in [5, 5.41) is 12.0. The second-order valence-corrected chi connectivity index (χ2v) is 6.32. The van der Waals surface area contributed by atoms with Crippen molar-refractivity contribution in [3.8, 4) is 0 Å². The van der Waals surface area contributed by atoms with Gasteiger partial charge in [-0.05, 0) is 33.6 Å². The van der Waals surface area contributed by atoms with Crippen molar-refractivity contribution in [3.05, 3.63) is 55.4 Å². The molecule has 0 saturated heterocycles. The molecule has 18 heavy (non-hydrogen) atoms. The van der Waals surface area contributed by atoms with Gasteiger partial charge in [0.1, 0.15) is 5.82 Å². The predicted molar refractivity (Wildman–Crippen MR) is 76.8 cm³/mol. The molecule has 0 aliphatic rings. The van der Waals surface area contributed by atoms with E-state index in [0.29, 0.717) is 12.0 Å². The highest BCUT2D eigenvalue weighted by atomic mass is 79.9. The van der Waals surface area contributed by atoms with Crippen molar-refractivity contribution in [2.24, 2.45) is 0 Å². The Morgan fingerprint density at radius 2 is 2.17 bits per heavy atom. The molecule has 0 fully saturated rings. The maximum absolute atomic E-state index is 13.7. The minimum Gasteiger partial charge on any atom is -0.392 e. The minimum atomic E-state index is -0.608. The van der Waals surface area contributed by atoms with Crippen LogP contribution in [0.2, 0.25) is 5.02 Å². The zero-order chi connectivity index (χ0) is 13.1. The molecule has 1 unspecified atom stereocenters. The summed E-state index contributed by atoms with van der Waals surface area (Å²) < 4.78 is 14.7. The third kappa shape index (κ3) is 3.54. The molecule has 0 radical (unpaired) electrons. The lowest BCUT2D eigenvalue weighted by Crippen LogP contribution is -2.14. The Balaban J connectivity index is 2.03. The van der Waals surface area contributed by atoms with Gasteiger partial charge in [0.15, 0.2) is 0 Å². The topological polar surface area (TPSA) is 20.2 Å². The molecule has 0 bridgehead atoms. The standard InChI is InChI=1S/C13H11BrClFOS/c14-9-5-11(18-7-9)6-10(17)4-8-2-1-3-12(15)13(8)16/h1-3,5,7,10,17H,4,6H2. The second-order valence-electron chi connectivity index (χ2n) is 4.01. The second kappa shape index (κ2) is 6.15. The fourth-order valence-corrected chi connectivity index (χ4v) is 3.44. The van der Waals surface area contributed by atoms with E-state index in [1.807, 2.05) is 11.4 Å². The van der Waals surface area contributed by atoms with E-state index in [4.69, 9.17) is 11.6 Å². The lowest BCUT2D eigenvalue weighted by Gasteiger charge is -2.10. The number of rotatable bonds is 4. The van der Waals surface area contributed by atoms with Gasteiger partial charge in [0, 0.05) is 27.6 Å². The van der Waals surface area contributed by atoms with Gasteiger partial charge in [0.25, 0.3) is 0 Å². The fraction of sp³-hybridized carbons (Fsp3) is 0.231. The Hall–Kier alpha value is -0.420. The van der Waals surface area contributed by atoms with E-state index < -0.39 is 11.9 Å². The molecule has 1 N–H and O–H groups in total. The summed E-state index contributed by atoms with van der Waals surface area (Å²) in [5.41, 5.74) is 0.450. The maximum atomic E-state index is 13.7. The Morgan fingerprint density at radius 1 is 1.39 bits per heavy atom. The summed E-state index contributed by atoms with van der Waals surface area (Å²) in [6.07, 6.45) is 0.174. The molecular formula is C13H11BrClFOS. The van der Waals surface area contributed by atoms with E-state index in [1.165, 1.54) is 6.07 Å². The molecule has 2 rings (SSSR count). The van der Waals surface area contributed by atoms with Crippen molar-refractivity contribution < 1.29 is 9.50 Å². The van der Waals surface area contributed by atoms with Gasteiger partial charge in [-0.1, -0.05) is 23.7 Å². The van der Waals surface area contributed by atoms with E-state index in [2.05, 4.69) is 15.9 Å². The van der Waals surface area contributed by atoms with Crippen LogP contribution in [0, 0.1) is 5.82 Å². The Labute approximate surface area is 122 Å². The molecule has 0 aliphatic carbocycles. The zero-order valence-corrected chi connectivity index (χ0v) is 12.5. The van der Waals surface area contributed by atoms with Crippen LogP contribution in [0.1, 0.15) is 10.4 Å². The molecule has 1 aromatic carbocycles. The van der Waals surface area contributed by atoms with E-state index in [-0.39, 0.29) is 11.4 Å². The van der Waals surface area contributed by atoms with Gasteiger partial charge in [-0.15, -0.1) is 11.3 Å². The average Bonchev–Trinajstić information content (AvgIpc) is 2.70. The first kappa shape index (κ1) is 14.0. The number of aliphatic hydroxyl groups excluding tert-OH is 1. The summed E-state index contributed by atoms with van der Waals surface area (Å²) in [5.74, 6) is -0.439. The molecule has 0 spiro atoms. The largest absolute Gasteiger partial charge is 0.392 e. The van der Waals surface area contributed by atoms with Crippen LogP contribution in [-0.2, 0) is 12.8 Å². The Kier molecular flexibility index (Phi) is 4.78. The lowest BCUT2D eigenvalue weighted by molar-refractivity contribution is 0.175. The molecule has 1 nitrogen and oxygen atoms in total. The third-order valence-corrected chi connectivity index (χ3v) is 4.56. The third-order valence-electron chi connectivity index (χ3n) is 2.55. The average molecular weight is 350 g/mol. The molecule has 2 aromatic rings. The van der Waals surface area contributed by atoms with E-state index in [0.717, 1.165) is 9.35 Å². The minimum absolute atomic E-state index is 0.0959. The van der Waals surface area contributed by atoms with Crippen molar-refractivity contribution in [2.75, 3.05) is 0 Å². The van der Waals surface area contributed by atoms with Gasteiger partial charge < -0.3 is 5.11 Å². The van der Waals surface area contributed by atoms with Gasteiger partial charge >= 0.3 is 0 Å². The van der Waals surface area contributed by atoms with Crippen molar-refractivity contribution >= 4 is 38.9 Å². The van der Waals surface area contributed by atoms with Crippen LogP contribution in [0.5, 0.6) is 0 Å². The molecule has 5 heteroatoms. The predicted octanol–water partition coefficient (Wildman–Crippen LogP) is 4.45. The molecular weight excluding hydrogens is 339 g/mol. The number of benzene rings is 1. The first-order valence-corrected chi connectivity index (χ1v) is 7.45. The van der Waals surface area contributed by atoms with Crippen LogP contribution in [0.3, 0.4) is 0 Å². The number of thiophene rings is 1. The van der Waals surface area contributed by atoms with Gasteiger partial charge in [-0.25, -0.2) is 4.39 Å². The normalized spacial score (nSPS) is 12.7. The molecule has 0 amide bonds. The SMILES string of the molecule is OC(Cc1cc(Br)cs1)Cc1cccc(Cl)c1F. The summed E-state index contributed by atoms with van der Waals surface area (Å²) in [6.45, 7) is 0. The van der Waals surface area contributed by atoms with Crippen LogP contribution in [0.15, 0.2) is 34.1 Å². The van der Waals surface area contributed by atoms with E-state index in [9.17, 15) is 9.50 Å². The number of hydrogen-bond donors (Lipinski definition) is 1. The Morgan fingerprint density at radius 3 is 2.83 bits per heavy atom. The highest BCUT2D eigenvalue weighted by Gasteiger charge is 2.13. The quantitative estimate of drug-likeness (QED) is 0.864. The smallest absolute Gasteiger partial charge is 0.145 e. The molecule has 0 saturated carbocycles. The highest BCUT2D eigenvalue weighted by Crippen LogP contribution is 2.23. The van der Waals surface area contributed by atoms with Gasteiger partial charge in [0.2, 0.25) is 0 Å². The first-order chi connectivity index (χ1) is 8.56. The summed E-state index contributed by atoms with van der Waals surface area (Å²) >= 11 is 10.6. The van der Waals surface area contributed by atoms with E-state index >= 15 is 0 Å². The van der Waals surface area contributed by atoms with Crippen molar-refractivity contribution in [3.63, 3.8) is 0 Å². The molecule has 96 valence electrons. The molecule has 1 aromatic heterocycles. The van der Waals surface area contributed by atoms with Crippen LogP contribution in [0.4, 0.5) is 4.39 Å². The number of hydrogen-bond acceptors (Lipinski definition) is 2. The van der Waals surface area contributed by atoms with Crippen molar-refractivity contribution in [1.82, 2.24) is 0 Å². The Bertz CT molecular complexity index is 544. The zero-order valence-electron chi connectivity index (χ0n) is 9.37. The van der Waals surface area contributed by atoms with Crippen LogP contribution >= 0.6 is 38.9 Å². The molecule has 0 aliphatic heterocycles. The van der Waals surface area contributed by atoms with Crippen LogP contribution < -0.4 is 0 Å². The van der Waals surface area contributed by atoms with Crippen LogP contribution in [-0.4, -0.2) is 11.2 Å². The van der Waals surface area contributed by atoms with E-state index in [1.54, 1.807) is 23.5 Å². The number of halogens is 3. The fourth-order valence-electron chi connectivity index (χ4n) is 1.73.